The number of benzene rings is 2. The first-order chi connectivity index (χ1) is 10.2. The van der Waals surface area contributed by atoms with Gasteiger partial charge in [-0.1, -0.05) is 11.6 Å². The molecule has 0 amide bonds. The first kappa shape index (κ1) is 16.1. The van der Waals surface area contributed by atoms with Crippen molar-refractivity contribution >= 4 is 17.3 Å². The molecule has 0 saturated heterocycles. The van der Waals surface area contributed by atoms with E-state index in [0.717, 1.165) is 18.2 Å². The molecule has 8 heteroatoms. The molecule has 0 unspecified atom stereocenters. The maximum atomic E-state index is 12.5. The summed E-state index contributed by atoms with van der Waals surface area (Å²) in [5, 5.41) is 10.6. The van der Waals surface area contributed by atoms with E-state index in [2.05, 4.69) is 0 Å². The average molecular weight is 332 g/mol. The molecular formula is C14H9ClF3NO3. The topological polar surface area (TPSA) is 52.4 Å². The van der Waals surface area contributed by atoms with Crippen LogP contribution in [-0.4, -0.2) is 4.92 Å². The molecule has 0 aliphatic heterocycles. The second-order valence-corrected chi connectivity index (χ2v) is 4.86. The second-order valence-electron chi connectivity index (χ2n) is 4.45. The van der Waals surface area contributed by atoms with Gasteiger partial charge in [0.15, 0.2) is 0 Å². The smallest absolute Gasteiger partial charge is 0.416 e. The monoisotopic (exact) mass is 331 g/mol. The minimum atomic E-state index is -4.51. The first-order valence-electron chi connectivity index (χ1n) is 5.98. The van der Waals surface area contributed by atoms with Crippen LogP contribution in [0.5, 0.6) is 11.5 Å². The zero-order valence-electron chi connectivity index (χ0n) is 11.1. The quantitative estimate of drug-likeness (QED) is 0.561. The molecule has 22 heavy (non-hydrogen) atoms. The summed E-state index contributed by atoms with van der Waals surface area (Å²) in [6.07, 6.45) is -4.51. The molecule has 0 bridgehead atoms. The van der Waals surface area contributed by atoms with E-state index in [9.17, 15) is 23.3 Å². The number of nitro groups is 1. The van der Waals surface area contributed by atoms with Crippen molar-refractivity contribution in [2.75, 3.05) is 0 Å². The van der Waals surface area contributed by atoms with Gasteiger partial charge < -0.3 is 4.74 Å². The Balaban J connectivity index is 2.32. The number of ether oxygens (including phenoxy) is 1. The Morgan fingerprint density at radius 1 is 1.18 bits per heavy atom. The van der Waals surface area contributed by atoms with E-state index in [1.54, 1.807) is 6.92 Å². The number of rotatable bonds is 3. The minimum Gasteiger partial charge on any atom is -0.456 e. The fourth-order valence-electron chi connectivity index (χ4n) is 1.74. The number of nitro benzene ring substituents is 1. The zero-order valence-corrected chi connectivity index (χ0v) is 11.9. The Bertz CT molecular complexity index is 732. The van der Waals surface area contributed by atoms with Gasteiger partial charge >= 0.3 is 6.18 Å². The maximum Gasteiger partial charge on any atom is 0.416 e. The fraction of sp³-hybridized carbons (Fsp3) is 0.143. The number of halogens is 4. The number of hydrogen-bond donors (Lipinski definition) is 0. The fourth-order valence-corrected chi connectivity index (χ4v) is 1.96. The van der Waals surface area contributed by atoms with Gasteiger partial charge in [0.1, 0.15) is 11.5 Å². The third-order valence-electron chi connectivity index (χ3n) is 2.86. The van der Waals surface area contributed by atoms with Crippen LogP contribution in [0.15, 0.2) is 36.4 Å². The van der Waals surface area contributed by atoms with Gasteiger partial charge in [-0.3, -0.25) is 10.1 Å². The molecule has 0 aliphatic carbocycles. The van der Waals surface area contributed by atoms with Gasteiger partial charge in [-0.05, 0) is 37.3 Å². The van der Waals surface area contributed by atoms with Gasteiger partial charge in [-0.2, -0.15) is 13.2 Å². The Kier molecular flexibility index (Phi) is 4.27. The minimum absolute atomic E-state index is 0.0205. The van der Waals surface area contributed by atoms with E-state index in [-0.39, 0.29) is 22.2 Å². The molecule has 0 saturated carbocycles. The molecule has 0 fully saturated rings. The Hall–Kier alpha value is -2.28. The van der Waals surface area contributed by atoms with Gasteiger partial charge in [0.05, 0.1) is 21.6 Å². The van der Waals surface area contributed by atoms with E-state index in [1.165, 1.54) is 18.2 Å². The Morgan fingerprint density at radius 3 is 2.41 bits per heavy atom. The molecule has 2 aromatic rings. The summed E-state index contributed by atoms with van der Waals surface area (Å²) < 4.78 is 42.9. The summed E-state index contributed by atoms with van der Waals surface area (Å²) in [7, 11) is 0. The van der Waals surface area contributed by atoms with Crippen LogP contribution in [0, 0.1) is 17.0 Å². The lowest BCUT2D eigenvalue weighted by Crippen LogP contribution is -2.04. The van der Waals surface area contributed by atoms with Crippen LogP contribution < -0.4 is 4.74 Å². The molecule has 0 spiro atoms. The molecule has 0 aromatic heterocycles. The molecule has 0 atom stereocenters. The highest BCUT2D eigenvalue weighted by Gasteiger charge is 2.31. The molecule has 0 radical (unpaired) electrons. The van der Waals surface area contributed by atoms with E-state index >= 15 is 0 Å². The lowest BCUT2D eigenvalue weighted by molar-refractivity contribution is -0.385. The average Bonchev–Trinajstić information content (AvgIpc) is 2.41. The standard InChI is InChI=1S/C14H9ClF3NO3/c1-8-2-4-10(7-12(8)19(20)21)22-13-5-3-9(6-11(13)15)14(16,17)18/h2-7H,1H3. The van der Waals surface area contributed by atoms with Crippen LogP contribution in [0.25, 0.3) is 0 Å². The van der Waals surface area contributed by atoms with Crippen LogP contribution in [-0.2, 0) is 6.18 Å². The number of hydrogen-bond acceptors (Lipinski definition) is 3. The molecule has 2 aromatic carbocycles. The van der Waals surface area contributed by atoms with Crippen molar-refractivity contribution in [2.24, 2.45) is 0 Å². The summed E-state index contributed by atoms with van der Waals surface area (Å²) in [6, 6.07) is 6.76. The van der Waals surface area contributed by atoms with Crippen molar-refractivity contribution in [3.05, 3.63) is 62.7 Å². The largest absolute Gasteiger partial charge is 0.456 e. The first-order valence-corrected chi connectivity index (χ1v) is 6.36. The number of aryl methyl sites for hydroxylation is 1. The van der Waals surface area contributed by atoms with Gasteiger partial charge in [0, 0.05) is 5.56 Å². The van der Waals surface area contributed by atoms with E-state index in [0.29, 0.717) is 5.56 Å². The zero-order chi connectivity index (χ0) is 16.5. The lowest BCUT2D eigenvalue weighted by atomic mass is 10.2. The molecule has 0 N–H and O–H groups in total. The van der Waals surface area contributed by atoms with Crippen molar-refractivity contribution in [1.82, 2.24) is 0 Å². The normalized spacial score (nSPS) is 11.3. The van der Waals surface area contributed by atoms with Crippen molar-refractivity contribution in [3.63, 3.8) is 0 Å². The molecule has 4 nitrogen and oxygen atoms in total. The van der Waals surface area contributed by atoms with E-state index in [1.807, 2.05) is 0 Å². The third kappa shape index (κ3) is 3.48. The molecular weight excluding hydrogens is 323 g/mol. The van der Waals surface area contributed by atoms with Gasteiger partial charge in [0.25, 0.3) is 5.69 Å². The highest BCUT2D eigenvalue weighted by atomic mass is 35.5. The predicted octanol–water partition coefficient (Wildman–Crippen LogP) is 5.37. The van der Waals surface area contributed by atoms with Crippen LogP contribution in [0.1, 0.15) is 11.1 Å². The molecule has 2 rings (SSSR count). The SMILES string of the molecule is Cc1ccc(Oc2ccc(C(F)(F)F)cc2Cl)cc1[N+](=O)[O-]. The van der Waals surface area contributed by atoms with Crippen LogP contribution in [0.3, 0.4) is 0 Å². The van der Waals surface area contributed by atoms with Crippen molar-refractivity contribution < 1.29 is 22.8 Å². The summed E-state index contributed by atoms with van der Waals surface area (Å²) in [5.41, 5.74) is -0.615. The number of alkyl halides is 3. The number of nitrogens with zero attached hydrogens (tertiary/aromatic N) is 1. The van der Waals surface area contributed by atoms with E-state index < -0.39 is 16.7 Å². The maximum absolute atomic E-state index is 12.5. The van der Waals surface area contributed by atoms with Crippen molar-refractivity contribution in [3.8, 4) is 11.5 Å². The summed E-state index contributed by atoms with van der Waals surface area (Å²) in [5.74, 6) is 0.0896. The van der Waals surface area contributed by atoms with Gasteiger partial charge in [0.2, 0.25) is 0 Å². The molecule has 0 aliphatic rings. The third-order valence-corrected chi connectivity index (χ3v) is 3.16. The summed E-state index contributed by atoms with van der Waals surface area (Å²) in [4.78, 5) is 10.3. The lowest BCUT2D eigenvalue weighted by Gasteiger charge is -2.11. The van der Waals surface area contributed by atoms with Crippen molar-refractivity contribution in [1.29, 1.82) is 0 Å². The summed E-state index contributed by atoms with van der Waals surface area (Å²) in [6.45, 7) is 1.56. The highest BCUT2D eigenvalue weighted by molar-refractivity contribution is 6.32. The summed E-state index contributed by atoms with van der Waals surface area (Å²) >= 11 is 5.76. The molecule has 116 valence electrons. The Labute approximate surface area is 128 Å². The van der Waals surface area contributed by atoms with Crippen LogP contribution >= 0.6 is 11.6 Å². The highest BCUT2D eigenvalue weighted by Crippen LogP contribution is 2.37. The van der Waals surface area contributed by atoms with Crippen molar-refractivity contribution in [2.45, 2.75) is 13.1 Å². The van der Waals surface area contributed by atoms with Gasteiger partial charge in [-0.15, -0.1) is 0 Å². The van der Waals surface area contributed by atoms with E-state index in [4.69, 9.17) is 16.3 Å². The predicted molar refractivity (Wildman–Crippen MR) is 74.4 cm³/mol. The van der Waals surface area contributed by atoms with Crippen LogP contribution in [0.4, 0.5) is 18.9 Å². The van der Waals surface area contributed by atoms with Gasteiger partial charge in [-0.25, -0.2) is 0 Å². The van der Waals surface area contributed by atoms with Crippen LogP contribution in [0.2, 0.25) is 5.02 Å². The second kappa shape index (κ2) is 5.84. The Morgan fingerprint density at radius 2 is 1.86 bits per heavy atom. The molecule has 0 heterocycles.